The molecule has 29 heavy (non-hydrogen) atoms. The number of amides is 2. The number of likely N-dealkylation sites (tertiary alicyclic amines) is 1. The number of nitrogens with zero attached hydrogens (tertiary/aromatic N) is 2. The Labute approximate surface area is 189 Å². The fourth-order valence-electron chi connectivity index (χ4n) is 4.98. The highest BCUT2D eigenvalue weighted by Gasteiger charge is 2.58. The molecule has 1 saturated heterocycles. The summed E-state index contributed by atoms with van der Waals surface area (Å²) in [7, 11) is 1.75. The van der Waals surface area contributed by atoms with Crippen LogP contribution in [0.2, 0.25) is 0 Å². The molecule has 2 N–H and O–H groups in total. The summed E-state index contributed by atoms with van der Waals surface area (Å²) in [5.41, 5.74) is 1.43. The van der Waals surface area contributed by atoms with Gasteiger partial charge in [0.25, 0.3) is 0 Å². The van der Waals surface area contributed by atoms with Gasteiger partial charge < -0.3 is 15.4 Å². The van der Waals surface area contributed by atoms with Crippen molar-refractivity contribution in [3.8, 4) is 0 Å². The molecular formula is C21H31IN4O3. The van der Waals surface area contributed by atoms with Gasteiger partial charge in [0.2, 0.25) is 11.8 Å². The third kappa shape index (κ3) is 4.68. The Morgan fingerprint density at radius 2 is 1.86 bits per heavy atom. The summed E-state index contributed by atoms with van der Waals surface area (Å²) in [5.74, 6) is 1.21. The average molecular weight is 514 g/mol. The standard InChI is InChI=1S/C21H30N4O3.HI/c1-22-21(24-9-5-14-6-11-28-12-7-14)23-8-2-10-25-19(26)17-15-3-4-16(13-15)18(17)20(25)27;/h3-4,6,15-18H,2,5,7-13H2,1H3,(H2,22,23,24);1H. The van der Waals surface area contributed by atoms with Gasteiger partial charge in [-0.15, -0.1) is 24.0 Å². The van der Waals surface area contributed by atoms with Gasteiger partial charge in [0.15, 0.2) is 5.96 Å². The molecular weight excluding hydrogens is 483 g/mol. The molecule has 2 heterocycles. The number of carbonyl (C=O) groups is 2. The number of hydrogen-bond donors (Lipinski definition) is 2. The van der Waals surface area contributed by atoms with Gasteiger partial charge in [0.1, 0.15) is 0 Å². The number of aliphatic imine (C=N–C) groups is 1. The van der Waals surface area contributed by atoms with E-state index in [-0.39, 0.29) is 59.5 Å². The Hall–Kier alpha value is -1.42. The average Bonchev–Trinajstić information content (AvgIpc) is 3.39. The summed E-state index contributed by atoms with van der Waals surface area (Å²) in [6.07, 6.45) is 10.1. The highest BCUT2D eigenvalue weighted by atomic mass is 127. The maximum Gasteiger partial charge on any atom is 0.233 e. The normalized spacial score (nSPS) is 30.3. The molecule has 4 unspecified atom stereocenters. The lowest BCUT2D eigenvalue weighted by Crippen LogP contribution is -2.40. The smallest absolute Gasteiger partial charge is 0.233 e. The Bertz CT molecular complexity index is 691. The van der Waals surface area contributed by atoms with Crippen molar-refractivity contribution < 1.29 is 14.3 Å². The van der Waals surface area contributed by atoms with Crippen LogP contribution < -0.4 is 10.6 Å². The lowest BCUT2D eigenvalue weighted by Gasteiger charge is -2.18. The van der Waals surface area contributed by atoms with E-state index in [1.807, 2.05) is 0 Å². The van der Waals surface area contributed by atoms with E-state index in [9.17, 15) is 9.59 Å². The Morgan fingerprint density at radius 1 is 1.17 bits per heavy atom. The zero-order valence-electron chi connectivity index (χ0n) is 16.9. The van der Waals surface area contributed by atoms with Crippen LogP contribution in [0.1, 0.15) is 25.7 Å². The van der Waals surface area contributed by atoms with Crippen LogP contribution in [0.5, 0.6) is 0 Å². The van der Waals surface area contributed by atoms with Gasteiger partial charge in [-0.05, 0) is 37.5 Å². The molecule has 2 amide bonds. The van der Waals surface area contributed by atoms with Crippen molar-refractivity contribution in [2.24, 2.45) is 28.7 Å². The predicted molar refractivity (Wildman–Crippen MR) is 122 cm³/mol. The van der Waals surface area contributed by atoms with Crippen molar-refractivity contribution in [1.82, 2.24) is 15.5 Å². The molecule has 4 rings (SSSR count). The molecule has 2 fully saturated rings. The van der Waals surface area contributed by atoms with Crippen LogP contribution in [0.15, 0.2) is 28.8 Å². The van der Waals surface area contributed by atoms with Gasteiger partial charge in [-0.2, -0.15) is 0 Å². The third-order valence-electron chi connectivity index (χ3n) is 6.43. The van der Waals surface area contributed by atoms with E-state index in [4.69, 9.17) is 4.74 Å². The van der Waals surface area contributed by atoms with Crippen LogP contribution in [-0.2, 0) is 14.3 Å². The number of hydrogen-bond acceptors (Lipinski definition) is 4. The van der Waals surface area contributed by atoms with Crippen molar-refractivity contribution in [2.75, 3.05) is 39.9 Å². The molecule has 4 atom stereocenters. The molecule has 0 spiro atoms. The zero-order valence-corrected chi connectivity index (χ0v) is 19.3. The lowest BCUT2D eigenvalue weighted by atomic mass is 9.85. The molecule has 0 radical (unpaired) electrons. The number of allylic oxidation sites excluding steroid dienone is 2. The van der Waals surface area contributed by atoms with E-state index in [1.165, 1.54) is 10.5 Å². The van der Waals surface area contributed by atoms with Crippen LogP contribution >= 0.6 is 24.0 Å². The molecule has 160 valence electrons. The van der Waals surface area contributed by atoms with Crippen molar-refractivity contribution in [2.45, 2.75) is 25.7 Å². The molecule has 0 aromatic carbocycles. The van der Waals surface area contributed by atoms with E-state index in [1.54, 1.807) is 7.05 Å². The Balaban J connectivity index is 0.00000240. The van der Waals surface area contributed by atoms with E-state index in [2.05, 4.69) is 33.9 Å². The Morgan fingerprint density at radius 3 is 2.48 bits per heavy atom. The molecule has 4 aliphatic rings. The van der Waals surface area contributed by atoms with Crippen molar-refractivity contribution in [3.63, 3.8) is 0 Å². The summed E-state index contributed by atoms with van der Waals surface area (Å²) in [4.78, 5) is 31.1. The monoisotopic (exact) mass is 514 g/mol. The van der Waals surface area contributed by atoms with Gasteiger partial charge in [-0.25, -0.2) is 0 Å². The number of halogens is 1. The molecule has 2 aliphatic carbocycles. The Kier molecular flexibility index (Phi) is 7.72. The van der Waals surface area contributed by atoms with E-state index in [0.29, 0.717) is 13.1 Å². The van der Waals surface area contributed by atoms with Gasteiger partial charge in [-0.1, -0.05) is 23.8 Å². The minimum atomic E-state index is -0.0932. The van der Waals surface area contributed by atoms with Gasteiger partial charge >= 0.3 is 0 Å². The van der Waals surface area contributed by atoms with E-state index in [0.717, 1.165) is 51.4 Å². The number of ether oxygens (including phenoxy) is 1. The molecule has 7 nitrogen and oxygen atoms in total. The summed E-state index contributed by atoms with van der Waals surface area (Å²) < 4.78 is 5.32. The largest absolute Gasteiger partial charge is 0.377 e. The summed E-state index contributed by atoms with van der Waals surface area (Å²) in [6.45, 7) is 3.52. The van der Waals surface area contributed by atoms with Gasteiger partial charge in [0, 0.05) is 26.7 Å². The van der Waals surface area contributed by atoms with Crippen molar-refractivity contribution in [1.29, 1.82) is 0 Å². The number of carbonyl (C=O) groups excluding carboxylic acids is 2. The fourth-order valence-corrected chi connectivity index (χ4v) is 4.98. The van der Waals surface area contributed by atoms with E-state index < -0.39 is 0 Å². The van der Waals surface area contributed by atoms with Crippen LogP contribution in [0.3, 0.4) is 0 Å². The zero-order chi connectivity index (χ0) is 19.5. The number of fused-ring (bicyclic) bond motifs is 5. The second-order valence-corrected chi connectivity index (χ2v) is 8.04. The SMILES string of the molecule is CN=C(NCCCN1C(=O)C2C3C=CC(C3)C2C1=O)NCCC1=CCOCC1.I. The summed E-state index contributed by atoms with van der Waals surface area (Å²) in [6, 6.07) is 0. The molecule has 2 aliphatic heterocycles. The summed E-state index contributed by atoms with van der Waals surface area (Å²) >= 11 is 0. The van der Waals surface area contributed by atoms with Crippen LogP contribution in [0.4, 0.5) is 0 Å². The van der Waals surface area contributed by atoms with Crippen molar-refractivity contribution >= 4 is 41.8 Å². The first-order valence-corrected chi connectivity index (χ1v) is 10.4. The fraction of sp³-hybridized carbons (Fsp3) is 0.667. The van der Waals surface area contributed by atoms with E-state index >= 15 is 0 Å². The topological polar surface area (TPSA) is 83.0 Å². The molecule has 8 heteroatoms. The molecule has 0 aromatic rings. The van der Waals surface area contributed by atoms with Gasteiger partial charge in [0.05, 0.1) is 25.0 Å². The summed E-state index contributed by atoms with van der Waals surface area (Å²) in [5, 5.41) is 6.59. The van der Waals surface area contributed by atoms with Crippen LogP contribution in [-0.4, -0.2) is 62.6 Å². The number of rotatable bonds is 7. The quantitative estimate of drug-likeness (QED) is 0.135. The first-order valence-electron chi connectivity index (χ1n) is 10.4. The highest BCUT2D eigenvalue weighted by Crippen LogP contribution is 2.52. The van der Waals surface area contributed by atoms with Gasteiger partial charge in [-0.3, -0.25) is 19.5 Å². The first kappa shape index (κ1) is 22.3. The predicted octanol–water partition coefficient (Wildman–Crippen LogP) is 1.70. The molecule has 2 bridgehead atoms. The third-order valence-corrected chi connectivity index (χ3v) is 6.43. The van der Waals surface area contributed by atoms with Crippen LogP contribution in [0, 0.1) is 23.7 Å². The maximum atomic E-state index is 12.7. The molecule has 1 saturated carbocycles. The number of nitrogens with one attached hydrogen (secondary N) is 2. The lowest BCUT2D eigenvalue weighted by molar-refractivity contribution is -0.140. The maximum absolute atomic E-state index is 12.7. The first-order chi connectivity index (χ1) is 13.7. The minimum Gasteiger partial charge on any atom is -0.377 e. The van der Waals surface area contributed by atoms with Crippen molar-refractivity contribution in [3.05, 3.63) is 23.8 Å². The second-order valence-electron chi connectivity index (χ2n) is 8.04. The number of guanidine groups is 1. The highest BCUT2D eigenvalue weighted by molar-refractivity contribution is 14.0. The molecule has 0 aromatic heterocycles. The number of imide groups is 1. The second kappa shape index (κ2) is 10.1. The van der Waals surface area contributed by atoms with Crippen LogP contribution in [0.25, 0.3) is 0 Å². The minimum absolute atomic E-state index is 0.